The van der Waals surface area contributed by atoms with Gasteiger partial charge < -0.3 is 19.4 Å². The number of nitrogens with one attached hydrogen (secondary N) is 2. The van der Waals surface area contributed by atoms with Crippen molar-refractivity contribution in [3.8, 4) is 34.0 Å². The summed E-state index contributed by atoms with van der Waals surface area (Å²) in [7, 11) is 0. The van der Waals surface area contributed by atoms with Gasteiger partial charge in [0, 0.05) is 11.1 Å². The molecule has 0 saturated heterocycles. The number of benzene rings is 2. The molecule has 2 aromatic carbocycles. The number of hydrogen-bond donors (Lipinski definition) is 2. The fraction of sp³-hybridized carbons (Fsp3) is 0.200. The molecule has 0 atom stereocenters. The summed E-state index contributed by atoms with van der Waals surface area (Å²) in [5, 5.41) is 0. The predicted octanol–water partition coefficient (Wildman–Crippen LogP) is 3.19. The molecule has 0 spiro atoms. The van der Waals surface area contributed by atoms with Gasteiger partial charge in [0.05, 0.1) is 24.6 Å². The van der Waals surface area contributed by atoms with E-state index in [1.54, 1.807) is 0 Å². The summed E-state index contributed by atoms with van der Waals surface area (Å²) in [5.41, 5.74) is 1.11. The minimum absolute atomic E-state index is 0.518. The Morgan fingerprint density at radius 2 is 1.15 bits per heavy atom. The van der Waals surface area contributed by atoms with Gasteiger partial charge in [-0.15, -0.1) is 0 Å². The van der Waals surface area contributed by atoms with Crippen LogP contribution < -0.4 is 20.6 Å². The third-order valence-corrected chi connectivity index (χ3v) is 3.80. The van der Waals surface area contributed by atoms with Crippen molar-refractivity contribution in [2.75, 3.05) is 13.2 Å². The highest BCUT2D eigenvalue weighted by Gasteiger charge is 2.13. The summed E-state index contributed by atoms with van der Waals surface area (Å²) in [4.78, 5) is 29.2. The minimum Gasteiger partial charge on any atom is -0.494 e. The highest BCUT2D eigenvalue weighted by atomic mass is 16.5. The molecule has 2 N–H and O–H groups in total. The van der Waals surface area contributed by atoms with E-state index in [-0.39, 0.29) is 0 Å². The van der Waals surface area contributed by atoms with Crippen molar-refractivity contribution < 1.29 is 9.47 Å². The smallest absolute Gasteiger partial charge is 0.314 e. The van der Waals surface area contributed by atoms with Gasteiger partial charge in [-0.25, -0.2) is 0 Å². The van der Waals surface area contributed by atoms with Crippen molar-refractivity contribution in [2.45, 2.75) is 13.8 Å². The molecule has 0 radical (unpaired) electrons. The van der Waals surface area contributed by atoms with E-state index >= 15 is 0 Å². The molecular weight excluding hydrogens is 332 g/mol. The molecule has 3 aromatic rings. The lowest BCUT2D eigenvalue weighted by Crippen LogP contribution is -2.30. The number of H-pyrrole nitrogens is 2. The lowest BCUT2D eigenvalue weighted by Gasteiger charge is -2.12. The third-order valence-electron chi connectivity index (χ3n) is 3.80. The standard InChI is InChI=1S/C20H20N2O4/c1-3-25-15-9-5-7-13(11-15)17-18(22-20(24)19(23)21-17)14-8-6-10-16(12-14)26-4-2/h5-12H,3-4H2,1-2H3,(H,21,23)(H,22,24). The van der Waals surface area contributed by atoms with Gasteiger partial charge in [-0.2, -0.15) is 0 Å². The van der Waals surface area contributed by atoms with Crippen LogP contribution in [0.3, 0.4) is 0 Å². The summed E-state index contributed by atoms with van der Waals surface area (Å²) in [6.45, 7) is 4.88. The first-order valence-electron chi connectivity index (χ1n) is 8.45. The molecule has 0 unspecified atom stereocenters. The molecule has 26 heavy (non-hydrogen) atoms. The van der Waals surface area contributed by atoms with Gasteiger partial charge in [0.15, 0.2) is 0 Å². The van der Waals surface area contributed by atoms with Crippen LogP contribution in [-0.4, -0.2) is 23.2 Å². The van der Waals surface area contributed by atoms with Gasteiger partial charge in [0.25, 0.3) is 0 Å². The Morgan fingerprint density at radius 1 is 0.731 bits per heavy atom. The molecule has 1 heterocycles. The Bertz CT molecular complexity index is 938. The molecule has 0 fully saturated rings. The molecule has 6 nitrogen and oxygen atoms in total. The van der Waals surface area contributed by atoms with Crippen molar-refractivity contribution in [2.24, 2.45) is 0 Å². The van der Waals surface area contributed by atoms with Crippen molar-refractivity contribution in [3.63, 3.8) is 0 Å². The van der Waals surface area contributed by atoms with Gasteiger partial charge >= 0.3 is 11.1 Å². The summed E-state index contributed by atoms with van der Waals surface area (Å²) in [5.74, 6) is 1.37. The quantitative estimate of drug-likeness (QED) is 0.667. The molecule has 0 saturated carbocycles. The van der Waals surface area contributed by atoms with E-state index < -0.39 is 11.1 Å². The lowest BCUT2D eigenvalue weighted by atomic mass is 10.0. The maximum Gasteiger partial charge on any atom is 0.314 e. The Morgan fingerprint density at radius 3 is 1.54 bits per heavy atom. The van der Waals surface area contributed by atoms with Crippen LogP contribution in [0.5, 0.6) is 11.5 Å². The first-order valence-corrected chi connectivity index (χ1v) is 8.45. The fourth-order valence-corrected chi connectivity index (χ4v) is 2.71. The van der Waals surface area contributed by atoms with Gasteiger partial charge in [-0.3, -0.25) is 9.59 Å². The first kappa shape index (κ1) is 17.5. The van der Waals surface area contributed by atoms with Gasteiger partial charge in [0.2, 0.25) is 0 Å². The van der Waals surface area contributed by atoms with Crippen LogP contribution in [0.4, 0.5) is 0 Å². The maximum atomic E-state index is 11.9. The van der Waals surface area contributed by atoms with E-state index in [1.165, 1.54) is 0 Å². The second kappa shape index (κ2) is 7.74. The Balaban J connectivity index is 2.19. The summed E-state index contributed by atoms with van der Waals surface area (Å²) in [6, 6.07) is 14.7. The van der Waals surface area contributed by atoms with E-state index in [2.05, 4.69) is 9.97 Å². The van der Waals surface area contributed by atoms with Crippen molar-refractivity contribution in [3.05, 3.63) is 69.2 Å². The molecule has 3 rings (SSSR count). The average Bonchev–Trinajstić information content (AvgIpc) is 2.65. The van der Waals surface area contributed by atoms with Crippen molar-refractivity contribution in [1.29, 1.82) is 0 Å². The number of aromatic amines is 2. The third kappa shape index (κ3) is 3.69. The number of aromatic nitrogens is 2. The van der Waals surface area contributed by atoms with E-state index in [9.17, 15) is 9.59 Å². The zero-order valence-electron chi connectivity index (χ0n) is 14.7. The number of ether oxygens (including phenoxy) is 2. The Labute approximate surface area is 150 Å². The first-order chi connectivity index (χ1) is 12.6. The highest BCUT2D eigenvalue weighted by molar-refractivity contribution is 5.78. The lowest BCUT2D eigenvalue weighted by molar-refractivity contribution is 0.340. The normalized spacial score (nSPS) is 10.5. The second-order valence-electron chi connectivity index (χ2n) is 5.58. The zero-order chi connectivity index (χ0) is 18.5. The Hall–Kier alpha value is -3.28. The van der Waals surface area contributed by atoms with Gasteiger partial charge in [-0.1, -0.05) is 24.3 Å². The number of rotatable bonds is 6. The van der Waals surface area contributed by atoms with Crippen LogP contribution in [0.2, 0.25) is 0 Å². The monoisotopic (exact) mass is 352 g/mol. The van der Waals surface area contributed by atoms with E-state index in [1.807, 2.05) is 62.4 Å². The van der Waals surface area contributed by atoms with E-state index in [0.29, 0.717) is 36.1 Å². The molecular formula is C20H20N2O4. The van der Waals surface area contributed by atoms with Crippen LogP contribution >= 0.6 is 0 Å². The Kier molecular flexibility index (Phi) is 5.22. The molecule has 6 heteroatoms. The molecule has 0 aliphatic rings. The largest absolute Gasteiger partial charge is 0.494 e. The molecule has 134 valence electrons. The van der Waals surface area contributed by atoms with E-state index in [0.717, 1.165) is 11.1 Å². The highest BCUT2D eigenvalue weighted by Crippen LogP contribution is 2.31. The molecule has 0 amide bonds. The summed E-state index contributed by atoms with van der Waals surface area (Å²) < 4.78 is 11.1. The molecule has 0 aliphatic heterocycles. The summed E-state index contributed by atoms with van der Waals surface area (Å²) >= 11 is 0. The second-order valence-corrected chi connectivity index (χ2v) is 5.58. The maximum absolute atomic E-state index is 11.9. The van der Waals surface area contributed by atoms with Crippen LogP contribution in [-0.2, 0) is 0 Å². The van der Waals surface area contributed by atoms with Crippen LogP contribution in [0.1, 0.15) is 13.8 Å². The minimum atomic E-state index is -0.702. The zero-order valence-corrected chi connectivity index (χ0v) is 14.7. The molecule has 0 bridgehead atoms. The molecule has 1 aromatic heterocycles. The van der Waals surface area contributed by atoms with Crippen molar-refractivity contribution >= 4 is 0 Å². The van der Waals surface area contributed by atoms with Crippen LogP contribution in [0.25, 0.3) is 22.5 Å². The average molecular weight is 352 g/mol. The van der Waals surface area contributed by atoms with Gasteiger partial charge in [-0.05, 0) is 38.1 Å². The van der Waals surface area contributed by atoms with E-state index in [4.69, 9.17) is 9.47 Å². The number of hydrogen-bond acceptors (Lipinski definition) is 4. The fourth-order valence-electron chi connectivity index (χ4n) is 2.71. The van der Waals surface area contributed by atoms with Crippen molar-refractivity contribution in [1.82, 2.24) is 9.97 Å². The van der Waals surface area contributed by atoms with Gasteiger partial charge in [0.1, 0.15) is 11.5 Å². The SMILES string of the molecule is CCOc1cccc(-c2[nH]c(=O)c(=O)[nH]c2-c2cccc(OCC)c2)c1. The van der Waals surface area contributed by atoms with Crippen LogP contribution in [0, 0.1) is 0 Å². The molecule has 0 aliphatic carbocycles. The van der Waals surface area contributed by atoms with Crippen LogP contribution in [0.15, 0.2) is 58.1 Å². The topological polar surface area (TPSA) is 84.2 Å². The predicted molar refractivity (Wildman–Crippen MR) is 101 cm³/mol. The summed E-state index contributed by atoms with van der Waals surface area (Å²) in [6.07, 6.45) is 0.